The molecule has 3 aromatic carbocycles. The quantitative estimate of drug-likeness (QED) is 0.211. The van der Waals surface area contributed by atoms with Gasteiger partial charge in [-0.05, 0) is 61.0 Å². The first-order valence-corrected chi connectivity index (χ1v) is 15.2. The number of allylic oxidation sites excluding steroid dienone is 1. The molecule has 5 aromatic rings. The molecule has 0 saturated carbocycles. The van der Waals surface area contributed by atoms with Crippen LogP contribution in [0.1, 0.15) is 41.6 Å². The predicted octanol–water partition coefficient (Wildman–Crippen LogP) is 5.66. The molecule has 9 nitrogen and oxygen atoms in total. The number of halogens is 1. The zero-order valence-electron chi connectivity index (χ0n) is 24.8. The number of carbonyl (C=O) groups is 2. The maximum Gasteiger partial charge on any atom is 0.338 e. The summed E-state index contributed by atoms with van der Waals surface area (Å²) in [6, 6.07) is 18.8. The van der Waals surface area contributed by atoms with Crippen molar-refractivity contribution in [3.05, 3.63) is 120 Å². The zero-order chi connectivity index (χ0) is 31.8. The second-order valence-corrected chi connectivity index (χ2v) is 11.5. The van der Waals surface area contributed by atoms with E-state index in [1.807, 2.05) is 36.4 Å². The Morgan fingerprint density at radius 1 is 1.07 bits per heavy atom. The molecule has 0 unspecified atom stereocenters. The number of methoxy groups -OCH3 is 2. The van der Waals surface area contributed by atoms with Crippen molar-refractivity contribution >= 4 is 51.7 Å². The third-order valence-electron chi connectivity index (χ3n) is 7.49. The molecule has 228 valence electrons. The summed E-state index contributed by atoms with van der Waals surface area (Å²) in [5.74, 6) is 0.155. The van der Waals surface area contributed by atoms with Gasteiger partial charge in [0.05, 0.1) is 42.2 Å². The SMILES string of the molecule is CCOC(=O)C1=C(C)N=c2s/c(=C/c3ccc(-c4cc(Cl)ccc4C(=O)OC)o3)c(=O)n2[C@@H]1c1c(OC)ccc2ccccc12. The van der Waals surface area contributed by atoms with E-state index in [1.165, 1.54) is 23.0 Å². The molecular weight excluding hydrogens is 616 g/mol. The van der Waals surface area contributed by atoms with E-state index in [1.54, 1.807) is 57.4 Å². The van der Waals surface area contributed by atoms with Crippen molar-refractivity contribution < 1.29 is 28.2 Å². The number of rotatable bonds is 7. The van der Waals surface area contributed by atoms with Gasteiger partial charge in [0, 0.05) is 22.2 Å². The molecule has 0 fully saturated rings. The van der Waals surface area contributed by atoms with Crippen LogP contribution in [0.3, 0.4) is 0 Å². The molecule has 11 heteroatoms. The molecule has 0 amide bonds. The van der Waals surface area contributed by atoms with E-state index in [0.29, 0.717) is 48.5 Å². The molecule has 0 saturated heterocycles. The molecule has 0 aliphatic carbocycles. The Balaban J connectivity index is 1.55. The summed E-state index contributed by atoms with van der Waals surface area (Å²) in [6.45, 7) is 3.62. The minimum Gasteiger partial charge on any atom is -0.496 e. The van der Waals surface area contributed by atoms with Crippen LogP contribution in [0, 0.1) is 0 Å². The lowest BCUT2D eigenvalue weighted by atomic mass is 9.90. The molecular formula is C34H27ClN2O7S. The van der Waals surface area contributed by atoms with Gasteiger partial charge in [0.15, 0.2) is 4.80 Å². The highest BCUT2D eigenvalue weighted by atomic mass is 35.5. The Morgan fingerprint density at radius 3 is 2.62 bits per heavy atom. The van der Waals surface area contributed by atoms with Gasteiger partial charge in [-0.25, -0.2) is 14.6 Å². The van der Waals surface area contributed by atoms with Gasteiger partial charge in [0.25, 0.3) is 5.56 Å². The summed E-state index contributed by atoms with van der Waals surface area (Å²) >= 11 is 7.39. The lowest BCUT2D eigenvalue weighted by Gasteiger charge is -2.27. The van der Waals surface area contributed by atoms with Crippen LogP contribution in [0.15, 0.2) is 92.2 Å². The highest BCUT2D eigenvalue weighted by Gasteiger charge is 2.36. The van der Waals surface area contributed by atoms with Gasteiger partial charge in [-0.1, -0.05) is 53.3 Å². The number of ether oxygens (including phenoxy) is 3. The molecule has 3 heterocycles. The number of hydrogen-bond donors (Lipinski definition) is 0. The van der Waals surface area contributed by atoms with Gasteiger partial charge in [0.1, 0.15) is 23.3 Å². The van der Waals surface area contributed by atoms with Crippen molar-refractivity contribution in [2.75, 3.05) is 20.8 Å². The average molecular weight is 643 g/mol. The van der Waals surface area contributed by atoms with E-state index >= 15 is 0 Å². The molecule has 0 radical (unpaired) electrons. The lowest BCUT2D eigenvalue weighted by Crippen LogP contribution is -2.40. The highest BCUT2D eigenvalue weighted by molar-refractivity contribution is 7.07. The molecule has 1 aliphatic heterocycles. The maximum absolute atomic E-state index is 14.2. The van der Waals surface area contributed by atoms with E-state index in [2.05, 4.69) is 4.99 Å². The van der Waals surface area contributed by atoms with Crippen molar-refractivity contribution in [2.24, 2.45) is 4.99 Å². The van der Waals surface area contributed by atoms with Crippen molar-refractivity contribution in [1.82, 2.24) is 4.57 Å². The molecule has 0 bridgehead atoms. The van der Waals surface area contributed by atoms with Gasteiger partial charge >= 0.3 is 11.9 Å². The molecule has 0 spiro atoms. The van der Waals surface area contributed by atoms with Crippen LogP contribution >= 0.6 is 22.9 Å². The van der Waals surface area contributed by atoms with Crippen molar-refractivity contribution in [2.45, 2.75) is 19.9 Å². The smallest absolute Gasteiger partial charge is 0.338 e. The standard InChI is InChI=1S/C34H27ClN2O7S/c1-5-43-33(40)28-18(2)36-34-37(30(28)29-22-9-7-6-8-19(22)10-14-26(29)41-3)31(38)27(45-34)17-21-12-15-25(44-21)24-16-20(35)11-13-23(24)32(39)42-4/h6-17,30H,5H2,1-4H3/b27-17+/t30-/m0/s1. The van der Waals surface area contributed by atoms with Crippen LogP contribution in [-0.2, 0) is 14.3 Å². The van der Waals surface area contributed by atoms with Crippen LogP contribution in [0.2, 0.25) is 5.02 Å². The molecule has 1 aliphatic rings. The Bertz CT molecular complexity index is 2210. The maximum atomic E-state index is 14.2. The summed E-state index contributed by atoms with van der Waals surface area (Å²) in [5.41, 5.74) is 1.71. The monoisotopic (exact) mass is 642 g/mol. The second kappa shape index (κ2) is 12.2. The third kappa shape index (κ3) is 5.36. The fourth-order valence-corrected chi connectivity index (χ4v) is 6.71. The number of furan rings is 1. The van der Waals surface area contributed by atoms with Crippen LogP contribution < -0.4 is 19.6 Å². The number of fused-ring (bicyclic) bond motifs is 2. The number of esters is 2. The molecule has 2 aromatic heterocycles. The van der Waals surface area contributed by atoms with Gasteiger partial charge in [-0.15, -0.1) is 0 Å². The first-order valence-electron chi connectivity index (χ1n) is 14.0. The fourth-order valence-electron chi connectivity index (χ4n) is 5.51. The van der Waals surface area contributed by atoms with E-state index in [-0.39, 0.29) is 23.3 Å². The Morgan fingerprint density at radius 2 is 1.87 bits per heavy atom. The Kier molecular flexibility index (Phi) is 8.18. The average Bonchev–Trinajstić information content (AvgIpc) is 3.63. The van der Waals surface area contributed by atoms with Crippen LogP contribution in [0.25, 0.3) is 28.2 Å². The lowest BCUT2D eigenvalue weighted by molar-refractivity contribution is -0.139. The number of aromatic nitrogens is 1. The fraction of sp³-hybridized carbons (Fsp3) is 0.176. The first kappa shape index (κ1) is 30.1. The normalized spacial score (nSPS) is 14.7. The van der Waals surface area contributed by atoms with E-state index in [9.17, 15) is 14.4 Å². The van der Waals surface area contributed by atoms with Crippen LogP contribution in [0.5, 0.6) is 5.75 Å². The van der Waals surface area contributed by atoms with E-state index < -0.39 is 18.0 Å². The number of hydrogen-bond acceptors (Lipinski definition) is 9. The predicted molar refractivity (Wildman–Crippen MR) is 171 cm³/mol. The molecule has 45 heavy (non-hydrogen) atoms. The summed E-state index contributed by atoms with van der Waals surface area (Å²) in [4.78, 5) is 45.1. The summed E-state index contributed by atoms with van der Waals surface area (Å²) in [7, 11) is 2.85. The van der Waals surface area contributed by atoms with Crippen LogP contribution in [-0.4, -0.2) is 37.3 Å². The van der Waals surface area contributed by atoms with E-state index in [0.717, 1.165) is 10.8 Å². The number of nitrogens with zero attached hydrogens (tertiary/aromatic N) is 2. The van der Waals surface area contributed by atoms with Crippen molar-refractivity contribution in [3.8, 4) is 17.1 Å². The minimum atomic E-state index is -0.871. The number of carbonyl (C=O) groups excluding carboxylic acids is 2. The largest absolute Gasteiger partial charge is 0.496 e. The van der Waals surface area contributed by atoms with Gasteiger partial charge in [0.2, 0.25) is 0 Å². The summed E-state index contributed by atoms with van der Waals surface area (Å²) < 4.78 is 24.1. The van der Waals surface area contributed by atoms with Crippen molar-refractivity contribution in [3.63, 3.8) is 0 Å². The topological polar surface area (TPSA) is 109 Å². The first-order chi connectivity index (χ1) is 21.7. The van der Waals surface area contributed by atoms with E-state index in [4.69, 9.17) is 30.2 Å². The number of benzene rings is 3. The number of thiazole rings is 1. The van der Waals surface area contributed by atoms with Crippen molar-refractivity contribution in [1.29, 1.82) is 0 Å². The summed E-state index contributed by atoms with van der Waals surface area (Å²) in [5, 5.41) is 2.16. The second-order valence-electron chi connectivity index (χ2n) is 10.1. The molecule has 1 atom stereocenters. The zero-order valence-corrected chi connectivity index (χ0v) is 26.3. The molecule has 0 N–H and O–H groups in total. The Hall–Kier alpha value is -4.93. The van der Waals surface area contributed by atoms with Gasteiger partial charge in [-0.3, -0.25) is 9.36 Å². The van der Waals surface area contributed by atoms with Gasteiger partial charge < -0.3 is 18.6 Å². The third-order valence-corrected chi connectivity index (χ3v) is 8.71. The van der Waals surface area contributed by atoms with Crippen LogP contribution in [0.4, 0.5) is 0 Å². The Labute approximate surface area is 266 Å². The minimum absolute atomic E-state index is 0.157. The van der Waals surface area contributed by atoms with Gasteiger partial charge in [-0.2, -0.15) is 0 Å². The summed E-state index contributed by atoms with van der Waals surface area (Å²) in [6.07, 6.45) is 1.61. The molecule has 6 rings (SSSR count). The highest BCUT2D eigenvalue weighted by Crippen LogP contribution is 2.40.